The van der Waals surface area contributed by atoms with Crippen LogP contribution in [0.3, 0.4) is 0 Å². The zero-order chi connectivity index (χ0) is 19.9. The lowest BCUT2D eigenvalue weighted by Crippen LogP contribution is -2.37. The van der Waals surface area contributed by atoms with Crippen LogP contribution in [0.25, 0.3) is 11.0 Å². The topological polar surface area (TPSA) is 95.8 Å². The summed E-state index contributed by atoms with van der Waals surface area (Å²) >= 11 is 0. The van der Waals surface area contributed by atoms with E-state index >= 15 is 0 Å². The number of aromatic amines is 1. The molecule has 0 radical (unpaired) electrons. The van der Waals surface area contributed by atoms with Crippen LogP contribution in [-0.4, -0.2) is 28.6 Å². The van der Waals surface area contributed by atoms with E-state index in [4.69, 9.17) is 5.73 Å². The van der Waals surface area contributed by atoms with Gasteiger partial charge in [-0.3, -0.25) is 0 Å². The van der Waals surface area contributed by atoms with Crippen molar-refractivity contribution >= 4 is 17.1 Å². The number of pyridine rings is 1. The van der Waals surface area contributed by atoms with Crippen molar-refractivity contribution in [2.45, 2.75) is 45.6 Å². The molecule has 1 atom stereocenters. The lowest BCUT2D eigenvalue weighted by atomic mass is 9.98. The summed E-state index contributed by atoms with van der Waals surface area (Å²) in [6, 6.07) is 3.59. The number of amides is 2. The van der Waals surface area contributed by atoms with Gasteiger partial charge in [-0.1, -0.05) is 23.8 Å². The van der Waals surface area contributed by atoms with Gasteiger partial charge in [0.1, 0.15) is 5.65 Å². The molecule has 2 aromatic rings. The third-order valence-electron chi connectivity index (χ3n) is 5.02. The second-order valence-corrected chi connectivity index (χ2v) is 7.22. The molecule has 1 aliphatic carbocycles. The lowest BCUT2D eigenvalue weighted by molar-refractivity contribution is 0.243. The van der Waals surface area contributed by atoms with Gasteiger partial charge in [-0.25, -0.2) is 9.78 Å². The molecular formula is C22H29N5O. The number of nitrogens with one attached hydrogen (secondary N) is 3. The Labute approximate surface area is 166 Å². The van der Waals surface area contributed by atoms with Gasteiger partial charge >= 0.3 is 6.03 Å². The molecule has 3 rings (SSSR count). The van der Waals surface area contributed by atoms with Gasteiger partial charge in [0.15, 0.2) is 0 Å². The van der Waals surface area contributed by atoms with E-state index in [9.17, 15) is 4.79 Å². The fourth-order valence-corrected chi connectivity index (χ4v) is 3.47. The number of nitrogens with zero attached hydrogens (tertiary/aromatic N) is 1. The summed E-state index contributed by atoms with van der Waals surface area (Å²) in [4.78, 5) is 19.8. The highest BCUT2D eigenvalue weighted by molar-refractivity contribution is 5.80. The second kappa shape index (κ2) is 9.37. The number of rotatable bonds is 7. The minimum atomic E-state index is -0.198. The van der Waals surface area contributed by atoms with Crippen LogP contribution in [0, 0.1) is 0 Å². The molecule has 6 heteroatoms. The number of carbonyl (C=O) groups excluding carboxylic acids is 1. The molecule has 1 unspecified atom stereocenters. The Bertz CT molecular complexity index is 920. The minimum absolute atomic E-state index is 0.167. The first kappa shape index (κ1) is 19.9. The molecule has 0 saturated heterocycles. The maximum absolute atomic E-state index is 12.3. The number of H-pyrrole nitrogens is 1. The third-order valence-corrected chi connectivity index (χ3v) is 5.02. The molecule has 5 N–H and O–H groups in total. The van der Waals surface area contributed by atoms with E-state index < -0.39 is 0 Å². The number of carbonyl (C=O) groups is 1. The predicted molar refractivity (Wildman–Crippen MR) is 114 cm³/mol. The van der Waals surface area contributed by atoms with Crippen LogP contribution < -0.4 is 16.4 Å². The van der Waals surface area contributed by atoms with Gasteiger partial charge in [-0.05, 0) is 62.8 Å². The van der Waals surface area contributed by atoms with E-state index in [1.54, 1.807) is 6.20 Å². The smallest absolute Gasteiger partial charge is 0.318 e. The van der Waals surface area contributed by atoms with E-state index in [1.807, 2.05) is 32.2 Å². The summed E-state index contributed by atoms with van der Waals surface area (Å²) in [6.45, 7) is 4.45. The monoisotopic (exact) mass is 379 g/mol. The van der Waals surface area contributed by atoms with Gasteiger partial charge in [0.05, 0.1) is 0 Å². The van der Waals surface area contributed by atoms with Crippen LogP contribution >= 0.6 is 0 Å². The Morgan fingerprint density at radius 1 is 1.39 bits per heavy atom. The molecular weight excluding hydrogens is 350 g/mol. The van der Waals surface area contributed by atoms with Crippen LogP contribution in [0.5, 0.6) is 0 Å². The Balaban J connectivity index is 1.61. The number of urea groups is 1. The summed E-state index contributed by atoms with van der Waals surface area (Å²) in [5.74, 6) is 0. The average molecular weight is 380 g/mol. The van der Waals surface area contributed by atoms with Crippen LogP contribution in [-0.2, 0) is 6.42 Å². The summed E-state index contributed by atoms with van der Waals surface area (Å²) in [6.07, 6.45) is 14.0. The molecule has 2 heterocycles. The van der Waals surface area contributed by atoms with Gasteiger partial charge in [0.25, 0.3) is 0 Å². The quantitative estimate of drug-likeness (QED) is 0.591. The van der Waals surface area contributed by atoms with Crippen molar-refractivity contribution in [1.82, 2.24) is 20.6 Å². The highest BCUT2D eigenvalue weighted by atomic mass is 16.2. The van der Waals surface area contributed by atoms with Crippen molar-refractivity contribution < 1.29 is 4.79 Å². The Hall–Kier alpha value is -2.86. The first-order valence-corrected chi connectivity index (χ1v) is 9.81. The Morgan fingerprint density at radius 2 is 2.25 bits per heavy atom. The normalized spacial score (nSPS) is 15.8. The second-order valence-electron chi connectivity index (χ2n) is 7.22. The van der Waals surface area contributed by atoms with Gasteiger partial charge in [-0.2, -0.15) is 0 Å². The molecule has 2 aromatic heterocycles. The third kappa shape index (κ3) is 5.10. The van der Waals surface area contributed by atoms with Crippen molar-refractivity contribution in [3.8, 4) is 0 Å². The number of aromatic nitrogens is 2. The van der Waals surface area contributed by atoms with E-state index in [0.29, 0.717) is 13.0 Å². The van der Waals surface area contributed by atoms with Gasteiger partial charge in [-0.15, -0.1) is 0 Å². The zero-order valence-corrected chi connectivity index (χ0v) is 16.6. The fraction of sp³-hybridized carbons (Fsp3) is 0.364. The van der Waals surface area contributed by atoms with Crippen LogP contribution in [0.4, 0.5) is 4.79 Å². The van der Waals surface area contributed by atoms with Crippen molar-refractivity contribution in [3.05, 3.63) is 65.2 Å². The van der Waals surface area contributed by atoms with Crippen molar-refractivity contribution in [3.63, 3.8) is 0 Å². The molecule has 0 aliphatic heterocycles. The summed E-state index contributed by atoms with van der Waals surface area (Å²) in [7, 11) is 0. The largest absolute Gasteiger partial charge is 0.346 e. The Kier molecular flexibility index (Phi) is 6.66. The fourth-order valence-electron chi connectivity index (χ4n) is 3.47. The summed E-state index contributed by atoms with van der Waals surface area (Å²) < 4.78 is 0. The minimum Gasteiger partial charge on any atom is -0.346 e. The molecule has 0 saturated carbocycles. The van der Waals surface area contributed by atoms with Gasteiger partial charge in [0, 0.05) is 36.1 Å². The van der Waals surface area contributed by atoms with Crippen molar-refractivity contribution in [2.75, 3.05) is 6.54 Å². The first-order chi connectivity index (χ1) is 13.5. The molecule has 0 bridgehead atoms. The van der Waals surface area contributed by atoms with Crippen LogP contribution in [0.1, 0.15) is 38.7 Å². The van der Waals surface area contributed by atoms with Gasteiger partial charge in [0.2, 0.25) is 0 Å². The molecule has 1 aliphatic rings. The van der Waals surface area contributed by atoms with Crippen molar-refractivity contribution in [1.29, 1.82) is 0 Å². The van der Waals surface area contributed by atoms with Crippen LogP contribution in [0.2, 0.25) is 0 Å². The molecule has 28 heavy (non-hydrogen) atoms. The number of fused-ring (bicyclic) bond motifs is 1. The number of hydrogen-bond acceptors (Lipinski definition) is 3. The maximum Gasteiger partial charge on any atom is 0.318 e. The molecule has 0 spiro atoms. The van der Waals surface area contributed by atoms with Crippen molar-refractivity contribution in [2.24, 2.45) is 5.73 Å². The predicted octanol–water partition coefficient (Wildman–Crippen LogP) is 3.69. The van der Waals surface area contributed by atoms with Gasteiger partial charge < -0.3 is 21.4 Å². The molecule has 6 nitrogen and oxygen atoms in total. The SMILES string of the molecule is C/C(NC(=O)NCCC1=CCCC=C1)=C(\Cc1c[nH]c2ncccc12)C(C)N. The van der Waals surface area contributed by atoms with Crippen LogP contribution in [0.15, 0.2) is 59.6 Å². The summed E-state index contributed by atoms with van der Waals surface area (Å²) in [5, 5.41) is 6.95. The van der Waals surface area contributed by atoms with E-state index in [-0.39, 0.29) is 12.1 Å². The summed E-state index contributed by atoms with van der Waals surface area (Å²) in [5.41, 5.74) is 11.2. The number of nitrogens with two attached hydrogens (primary N) is 1. The first-order valence-electron chi connectivity index (χ1n) is 9.81. The molecule has 0 fully saturated rings. The molecule has 148 valence electrons. The Morgan fingerprint density at radius 3 is 3.00 bits per heavy atom. The van der Waals surface area contributed by atoms with E-state index in [1.165, 1.54) is 5.57 Å². The average Bonchev–Trinajstić information content (AvgIpc) is 3.09. The highest BCUT2D eigenvalue weighted by Crippen LogP contribution is 2.21. The maximum atomic E-state index is 12.3. The highest BCUT2D eigenvalue weighted by Gasteiger charge is 2.14. The lowest BCUT2D eigenvalue weighted by Gasteiger charge is -2.17. The number of hydrogen-bond donors (Lipinski definition) is 4. The van der Waals surface area contributed by atoms with E-state index in [2.05, 4.69) is 38.8 Å². The standard InChI is InChI=1S/C22H29N5O/c1-15(23)20(13-18-14-26-21-19(18)9-6-11-24-21)16(2)27-22(28)25-12-10-17-7-4-3-5-8-17/h4,6-9,11,14-15H,3,5,10,12-13,23H2,1-2H3,(H,24,26)(H2,25,27,28)/b20-16-. The number of allylic oxidation sites excluding steroid dienone is 4. The van der Waals surface area contributed by atoms with E-state index in [0.717, 1.165) is 47.1 Å². The molecule has 2 amide bonds. The zero-order valence-electron chi connectivity index (χ0n) is 16.6. The molecule has 0 aromatic carbocycles.